The van der Waals surface area contributed by atoms with Crippen LogP contribution in [0, 0.1) is 11.8 Å². The molecule has 0 aliphatic heterocycles. The van der Waals surface area contributed by atoms with Crippen molar-refractivity contribution in [3.05, 3.63) is 5.01 Å². The van der Waals surface area contributed by atoms with Crippen molar-refractivity contribution in [3.8, 4) is 0 Å². The summed E-state index contributed by atoms with van der Waals surface area (Å²) in [5.74, 6) is 2.74. The van der Waals surface area contributed by atoms with E-state index in [1.54, 1.807) is 0 Å². The van der Waals surface area contributed by atoms with Crippen molar-refractivity contribution in [1.82, 2.24) is 9.36 Å². The molecule has 72 valence electrons. The molecule has 13 heavy (non-hydrogen) atoms. The average molecular weight is 197 g/mol. The van der Waals surface area contributed by atoms with Crippen molar-refractivity contribution in [1.29, 1.82) is 0 Å². The summed E-state index contributed by atoms with van der Waals surface area (Å²) in [6, 6.07) is 0. The number of rotatable bonds is 3. The Labute approximate surface area is 82.5 Å². The summed E-state index contributed by atoms with van der Waals surface area (Å²) >= 11 is 1.46. The first-order valence-electron chi connectivity index (χ1n) is 4.76. The van der Waals surface area contributed by atoms with Crippen molar-refractivity contribution in [2.24, 2.45) is 11.8 Å². The van der Waals surface area contributed by atoms with E-state index in [0.717, 1.165) is 16.8 Å². The summed E-state index contributed by atoms with van der Waals surface area (Å²) in [4.78, 5) is 4.22. The van der Waals surface area contributed by atoms with Crippen molar-refractivity contribution >= 4 is 17.5 Å². The van der Waals surface area contributed by atoms with E-state index in [-0.39, 0.29) is 0 Å². The van der Waals surface area contributed by atoms with Gasteiger partial charge in [-0.15, -0.1) is 0 Å². The molecule has 1 aromatic rings. The zero-order valence-corrected chi connectivity index (χ0v) is 8.84. The second kappa shape index (κ2) is 3.25. The van der Waals surface area contributed by atoms with E-state index in [0.29, 0.717) is 11.9 Å². The fourth-order valence-corrected chi connectivity index (χ4v) is 2.60. The van der Waals surface area contributed by atoms with Gasteiger partial charge >= 0.3 is 0 Å². The van der Waals surface area contributed by atoms with Gasteiger partial charge in [-0.3, -0.25) is 0 Å². The first kappa shape index (κ1) is 8.94. The van der Waals surface area contributed by atoms with Gasteiger partial charge in [0.1, 0.15) is 5.01 Å². The van der Waals surface area contributed by atoms with E-state index in [1.165, 1.54) is 24.4 Å². The maximum Gasteiger partial charge on any atom is 0.232 e. The van der Waals surface area contributed by atoms with Crippen LogP contribution < -0.4 is 5.73 Å². The molecule has 1 aliphatic carbocycles. The molecule has 2 rings (SSSR count). The Morgan fingerprint density at radius 2 is 2.38 bits per heavy atom. The highest BCUT2D eigenvalue weighted by Crippen LogP contribution is 2.51. The summed E-state index contributed by atoms with van der Waals surface area (Å²) in [5.41, 5.74) is 5.48. The van der Waals surface area contributed by atoms with E-state index < -0.39 is 0 Å². The zero-order valence-electron chi connectivity index (χ0n) is 8.03. The number of nitrogen functional groups attached to an aromatic ring is 1. The number of nitrogens with two attached hydrogens (primary N) is 1. The molecule has 0 bridgehead atoms. The van der Waals surface area contributed by atoms with Gasteiger partial charge in [0, 0.05) is 5.92 Å². The molecular weight excluding hydrogens is 182 g/mol. The van der Waals surface area contributed by atoms with Crippen molar-refractivity contribution < 1.29 is 0 Å². The third-order valence-electron chi connectivity index (χ3n) is 2.47. The summed E-state index contributed by atoms with van der Waals surface area (Å²) in [7, 11) is 0. The van der Waals surface area contributed by atoms with Crippen LogP contribution in [0.15, 0.2) is 0 Å². The van der Waals surface area contributed by atoms with Crippen LogP contribution >= 0.6 is 11.5 Å². The minimum Gasteiger partial charge on any atom is -0.367 e. The molecule has 0 radical (unpaired) electrons. The fourth-order valence-electron chi connectivity index (χ4n) is 1.81. The lowest BCUT2D eigenvalue weighted by Gasteiger charge is -2.00. The normalized spacial score (nSPS) is 26.7. The van der Waals surface area contributed by atoms with Crippen LogP contribution in [0.1, 0.15) is 37.6 Å². The molecular formula is C9H15N3S. The van der Waals surface area contributed by atoms with Gasteiger partial charge < -0.3 is 5.73 Å². The van der Waals surface area contributed by atoms with Crippen molar-refractivity contribution in [3.63, 3.8) is 0 Å². The molecule has 1 saturated carbocycles. The maximum atomic E-state index is 5.48. The van der Waals surface area contributed by atoms with Gasteiger partial charge in [-0.1, -0.05) is 13.8 Å². The van der Waals surface area contributed by atoms with Crippen LogP contribution in [0.5, 0.6) is 0 Å². The second-order valence-corrected chi connectivity index (χ2v) is 5.01. The lowest BCUT2D eigenvalue weighted by molar-refractivity contribution is 0.532. The maximum absolute atomic E-state index is 5.48. The molecule has 1 heterocycles. The Morgan fingerprint density at radius 3 is 2.92 bits per heavy atom. The third-order valence-corrected chi connectivity index (χ3v) is 3.33. The molecule has 0 amide bonds. The van der Waals surface area contributed by atoms with E-state index in [9.17, 15) is 0 Å². The Hall–Kier alpha value is -0.640. The molecule has 0 spiro atoms. The highest BCUT2D eigenvalue weighted by Gasteiger charge is 2.40. The third kappa shape index (κ3) is 1.99. The second-order valence-electron chi connectivity index (χ2n) is 4.22. The summed E-state index contributed by atoms with van der Waals surface area (Å²) < 4.78 is 4.00. The Bertz CT molecular complexity index is 295. The number of anilines is 1. The molecule has 1 aromatic heterocycles. The molecule has 2 atom stereocenters. The van der Waals surface area contributed by atoms with Crippen molar-refractivity contribution in [2.75, 3.05) is 5.73 Å². The van der Waals surface area contributed by atoms with E-state index in [1.807, 2.05) is 0 Å². The van der Waals surface area contributed by atoms with Crippen molar-refractivity contribution in [2.45, 2.75) is 32.6 Å². The fraction of sp³-hybridized carbons (Fsp3) is 0.778. The topological polar surface area (TPSA) is 51.8 Å². The number of aromatic nitrogens is 2. The molecule has 0 aromatic carbocycles. The first-order valence-corrected chi connectivity index (χ1v) is 5.53. The number of hydrogen-bond donors (Lipinski definition) is 1. The molecule has 0 saturated heterocycles. The molecule has 4 heteroatoms. The molecule has 3 nitrogen and oxygen atoms in total. The Balaban J connectivity index is 1.92. The highest BCUT2D eigenvalue weighted by molar-refractivity contribution is 7.05. The van der Waals surface area contributed by atoms with Crippen LogP contribution in [0.2, 0.25) is 0 Å². The lowest BCUT2D eigenvalue weighted by Crippen LogP contribution is -1.91. The highest BCUT2D eigenvalue weighted by atomic mass is 32.1. The standard InChI is InChI=1S/C9H15N3S/c1-5(2)3-6-4-7(6)8-11-9(10)12-13-8/h5-7H,3-4H2,1-2H3,(H2,10,12). The van der Waals surface area contributed by atoms with Crippen LogP contribution in [0.3, 0.4) is 0 Å². The van der Waals surface area contributed by atoms with Gasteiger partial charge in [0.05, 0.1) is 0 Å². The monoisotopic (exact) mass is 197 g/mol. The summed E-state index contributed by atoms with van der Waals surface area (Å²) in [6.07, 6.45) is 2.59. The van der Waals surface area contributed by atoms with Crippen LogP contribution in [0.4, 0.5) is 5.95 Å². The van der Waals surface area contributed by atoms with E-state index in [2.05, 4.69) is 23.2 Å². The van der Waals surface area contributed by atoms with Gasteiger partial charge in [-0.25, -0.2) is 4.98 Å². The number of nitrogens with zero attached hydrogens (tertiary/aromatic N) is 2. The van der Waals surface area contributed by atoms with Gasteiger partial charge in [0.2, 0.25) is 5.95 Å². The van der Waals surface area contributed by atoms with Gasteiger partial charge in [-0.05, 0) is 36.2 Å². The smallest absolute Gasteiger partial charge is 0.232 e. The number of hydrogen-bond acceptors (Lipinski definition) is 4. The summed E-state index contributed by atoms with van der Waals surface area (Å²) in [5, 5.41) is 1.14. The largest absolute Gasteiger partial charge is 0.367 e. The SMILES string of the molecule is CC(C)CC1CC1c1nc(N)ns1. The van der Waals surface area contributed by atoms with Crippen LogP contribution in [-0.2, 0) is 0 Å². The van der Waals surface area contributed by atoms with E-state index >= 15 is 0 Å². The molecule has 2 unspecified atom stereocenters. The van der Waals surface area contributed by atoms with Gasteiger partial charge in [0.15, 0.2) is 0 Å². The summed E-state index contributed by atoms with van der Waals surface area (Å²) in [6.45, 7) is 4.54. The van der Waals surface area contributed by atoms with Gasteiger partial charge in [0.25, 0.3) is 0 Å². The average Bonchev–Trinajstić information content (AvgIpc) is 2.63. The zero-order chi connectivity index (χ0) is 9.42. The van der Waals surface area contributed by atoms with Crippen LogP contribution in [-0.4, -0.2) is 9.36 Å². The predicted molar refractivity (Wildman–Crippen MR) is 54.6 cm³/mol. The lowest BCUT2D eigenvalue weighted by atomic mass is 10.1. The Morgan fingerprint density at radius 1 is 1.62 bits per heavy atom. The van der Waals surface area contributed by atoms with Crippen LogP contribution in [0.25, 0.3) is 0 Å². The Kier molecular flexibility index (Phi) is 2.24. The predicted octanol–water partition coefficient (Wildman–Crippen LogP) is 2.27. The molecule has 1 aliphatic rings. The minimum absolute atomic E-state index is 0.440. The van der Waals surface area contributed by atoms with Gasteiger partial charge in [-0.2, -0.15) is 4.37 Å². The van der Waals surface area contributed by atoms with E-state index in [4.69, 9.17) is 5.73 Å². The minimum atomic E-state index is 0.440. The molecule has 1 fully saturated rings. The molecule has 2 N–H and O–H groups in total. The first-order chi connectivity index (χ1) is 6.16. The quantitative estimate of drug-likeness (QED) is 0.808.